The summed E-state index contributed by atoms with van der Waals surface area (Å²) in [6, 6.07) is 18.5. The average Bonchev–Trinajstić information content (AvgIpc) is 3.92. The van der Waals surface area contributed by atoms with Crippen LogP contribution in [0.15, 0.2) is 60.7 Å². The molecule has 46 heavy (non-hydrogen) atoms. The van der Waals surface area contributed by atoms with Crippen LogP contribution >= 0.6 is 0 Å². The summed E-state index contributed by atoms with van der Waals surface area (Å²) in [6.07, 6.45) is 4.41. The number of hydrogen-bond donors (Lipinski definition) is 3. The van der Waals surface area contributed by atoms with Crippen molar-refractivity contribution in [3.05, 3.63) is 88.5 Å². The lowest BCUT2D eigenvalue weighted by molar-refractivity contribution is -0.118. The van der Waals surface area contributed by atoms with E-state index in [0.717, 1.165) is 48.8 Å². The zero-order valence-electron chi connectivity index (χ0n) is 26.1. The van der Waals surface area contributed by atoms with Crippen LogP contribution in [0, 0.1) is 0 Å². The molecule has 0 saturated heterocycles. The second-order valence-electron chi connectivity index (χ2n) is 12.2. The Morgan fingerprint density at radius 1 is 1.00 bits per heavy atom. The van der Waals surface area contributed by atoms with Gasteiger partial charge in [-0.3, -0.25) is 14.4 Å². The van der Waals surface area contributed by atoms with Crippen molar-refractivity contribution in [2.45, 2.75) is 51.2 Å². The number of nitrogens with zero attached hydrogens (tertiary/aromatic N) is 3. The zero-order valence-corrected chi connectivity index (χ0v) is 26.1. The summed E-state index contributed by atoms with van der Waals surface area (Å²) < 4.78 is 5.50. The van der Waals surface area contributed by atoms with Crippen LogP contribution in [-0.4, -0.2) is 77.8 Å². The Bertz CT molecular complexity index is 1640. The van der Waals surface area contributed by atoms with E-state index in [4.69, 9.17) is 10.5 Å². The molecule has 0 aromatic heterocycles. The van der Waals surface area contributed by atoms with E-state index in [-0.39, 0.29) is 36.4 Å². The number of fused-ring (bicyclic) bond motifs is 2. The molecule has 0 bridgehead atoms. The third kappa shape index (κ3) is 7.15. The smallest absolute Gasteiger partial charge is 0.320 e. The number of benzene rings is 3. The van der Waals surface area contributed by atoms with Crippen molar-refractivity contribution in [1.29, 1.82) is 0 Å². The molecule has 0 radical (unpaired) electrons. The van der Waals surface area contributed by atoms with E-state index < -0.39 is 0 Å². The fraction of sp³-hybridized carbons (Fsp3) is 0.371. The fourth-order valence-electron chi connectivity index (χ4n) is 5.91. The Morgan fingerprint density at radius 2 is 1.78 bits per heavy atom. The van der Waals surface area contributed by atoms with Gasteiger partial charge >= 0.3 is 6.03 Å². The van der Waals surface area contributed by atoms with Gasteiger partial charge in [-0.1, -0.05) is 18.2 Å². The molecule has 3 aliphatic rings. The van der Waals surface area contributed by atoms with E-state index in [1.54, 1.807) is 35.2 Å². The SMILES string of the molecule is CN(CCCCN)C(=O)N1CCc2cc(NC(=O)c3ccc(CN(C(=O)c4ccc5c(c4)OCC(=O)N5)C4CC4)cc3)ccc2C1. The summed E-state index contributed by atoms with van der Waals surface area (Å²) in [7, 11) is 1.83. The van der Waals surface area contributed by atoms with Crippen LogP contribution in [0.2, 0.25) is 0 Å². The van der Waals surface area contributed by atoms with Crippen LogP contribution in [0.25, 0.3) is 0 Å². The van der Waals surface area contributed by atoms with Crippen molar-refractivity contribution < 1.29 is 23.9 Å². The topological polar surface area (TPSA) is 137 Å². The molecule has 1 saturated carbocycles. The van der Waals surface area contributed by atoms with Gasteiger partial charge in [0.15, 0.2) is 6.61 Å². The van der Waals surface area contributed by atoms with E-state index in [9.17, 15) is 19.2 Å². The predicted octanol–water partition coefficient (Wildman–Crippen LogP) is 4.22. The Labute approximate surface area is 268 Å². The number of urea groups is 1. The maximum atomic E-state index is 13.5. The molecule has 1 aliphatic carbocycles. The molecule has 3 aromatic rings. The van der Waals surface area contributed by atoms with E-state index in [2.05, 4.69) is 10.6 Å². The van der Waals surface area contributed by atoms with Gasteiger partial charge in [0, 0.05) is 56.1 Å². The van der Waals surface area contributed by atoms with Crippen molar-refractivity contribution in [2.75, 3.05) is 43.9 Å². The summed E-state index contributed by atoms with van der Waals surface area (Å²) in [4.78, 5) is 56.5. The summed E-state index contributed by atoms with van der Waals surface area (Å²) >= 11 is 0. The molecule has 2 aliphatic heterocycles. The highest BCUT2D eigenvalue weighted by molar-refractivity contribution is 6.04. The minimum absolute atomic E-state index is 0.0256. The first-order valence-electron chi connectivity index (χ1n) is 15.9. The Balaban J connectivity index is 1.05. The number of nitrogens with one attached hydrogen (secondary N) is 2. The van der Waals surface area contributed by atoms with Gasteiger partial charge in [0.2, 0.25) is 0 Å². The van der Waals surface area contributed by atoms with Gasteiger partial charge in [0.25, 0.3) is 17.7 Å². The molecule has 11 nitrogen and oxygen atoms in total. The summed E-state index contributed by atoms with van der Waals surface area (Å²) in [5.74, 6) is -0.0351. The molecule has 5 amide bonds. The summed E-state index contributed by atoms with van der Waals surface area (Å²) in [5, 5.41) is 5.75. The lowest BCUT2D eigenvalue weighted by atomic mass is 9.99. The third-order valence-corrected chi connectivity index (χ3v) is 8.70. The number of rotatable bonds is 10. The first-order chi connectivity index (χ1) is 22.3. The molecule has 2 heterocycles. The average molecular weight is 625 g/mol. The maximum absolute atomic E-state index is 13.5. The quantitative estimate of drug-likeness (QED) is 0.289. The molecule has 240 valence electrons. The van der Waals surface area contributed by atoms with Crippen molar-refractivity contribution >= 4 is 35.1 Å². The molecule has 4 N–H and O–H groups in total. The minimum Gasteiger partial charge on any atom is -0.482 e. The van der Waals surface area contributed by atoms with Gasteiger partial charge in [-0.05, 0) is 97.8 Å². The number of unbranched alkanes of at least 4 members (excludes halogenated alkanes) is 1. The van der Waals surface area contributed by atoms with Crippen LogP contribution in [0.3, 0.4) is 0 Å². The first kappa shape index (κ1) is 31.1. The number of ether oxygens (including phenoxy) is 1. The van der Waals surface area contributed by atoms with Gasteiger partial charge in [-0.15, -0.1) is 0 Å². The van der Waals surface area contributed by atoms with E-state index in [1.807, 2.05) is 47.2 Å². The monoisotopic (exact) mass is 624 g/mol. The summed E-state index contributed by atoms with van der Waals surface area (Å²) in [6.45, 7) is 2.85. The van der Waals surface area contributed by atoms with Crippen molar-refractivity contribution in [3.8, 4) is 5.75 Å². The maximum Gasteiger partial charge on any atom is 0.320 e. The molecule has 6 rings (SSSR count). The number of hydrogen-bond acceptors (Lipinski definition) is 6. The molecule has 0 unspecified atom stereocenters. The number of nitrogens with two attached hydrogens (primary N) is 1. The fourth-order valence-corrected chi connectivity index (χ4v) is 5.91. The molecule has 0 atom stereocenters. The minimum atomic E-state index is -0.217. The second kappa shape index (κ2) is 13.6. The molecular formula is C35H40N6O5. The lowest BCUT2D eigenvalue weighted by Crippen LogP contribution is -2.44. The van der Waals surface area contributed by atoms with Crippen molar-refractivity contribution in [3.63, 3.8) is 0 Å². The highest BCUT2D eigenvalue weighted by Crippen LogP contribution is 2.33. The van der Waals surface area contributed by atoms with Crippen LogP contribution in [0.4, 0.5) is 16.2 Å². The second-order valence-corrected chi connectivity index (χ2v) is 12.2. The Hall–Kier alpha value is -4.90. The van der Waals surface area contributed by atoms with E-state index in [0.29, 0.717) is 61.0 Å². The van der Waals surface area contributed by atoms with Crippen LogP contribution in [0.1, 0.15) is 63.1 Å². The van der Waals surface area contributed by atoms with Gasteiger partial charge in [-0.25, -0.2) is 4.79 Å². The van der Waals surface area contributed by atoms with E-state index >= 15 is 0 Å². The molecular weight excluding hydrogens is 584 g/mol. The van der Waals surface area contributed by atoms with Crippen molar-refractivity contribution in [2.24, 2.45) is 5.73 Å². The Kier molecular flexibility index (Phi) is 9.20. The highest BCUT2D eigenvalue weighted by Gasteiger charge is 2.33. The largest absolute Gasteiger partial charge is 0.482 e. The molecule has 3 aromatic carbocycles. The Morgan fingerprint density at radius 3 is 2.54 bits per heavy atom. The number of amides is 5. The predicted molar refractivity (Wildman–Crippen MR) is 175 cm³/mol. The van der Waals surface area contributed by atoms with Gasteiger partial charge in [-0.2, -0.15) is 0 Å². The first-order valence-corrected chi connectivity index (χ1v) is 15.9. The number of anilines is 2. The molecule has 0 spiro atoms. The standard InChI is InChI=1S/C35H40N6O5/c1-39(16-3-2-15-36)35(45)40-17-14-25-18-28(10-8-27(25)21-40)37-33(43)24-6-4-23(5-7-24)20-41(29-11-12-29)34(44)26-9-13-30-31(19-26)46-22-32(42)38-30/h4-10,13,18-19,29H,2-3,11-12,14-17,20-22,36H2,1H3,(H,37,43)(H,38,42). The normalized spacial score (nSPS) is 15.2. The molecule has 1 fully saturated rings. The van der Waals surface area contributed by atoms with Crippen LogP contribution in [-0.2, 0) is 24.3 Å². The van der Waals surface area contributed by atoms with Crippen LogP contribution in [0.5, 0.6) is 5.75 Å². The third-order valence-electron chi connectivity index (χ3n) is 8.70. The zero-order chi connectivity index (χ0) is 32.2. The van der Waals surface area contributed by atoms with Crippen molar-refractivity contribution in [1.82, 2.24) is 14.7 Å². The van der Waals surface area contributed by atoms with E-state index in [1.165, 1.54) is 0 Å². The highest BCUT2D eigenvalue weighted by atomic mass is 16.5. The van der Waals surface area contributed by atoms with Gasteiger partial charge in [0.05, 0.1) is 5.69 Å². The van der Waals surface area contributed by atoms with Crippen LogP contribution < -0.4 is 21.1 Å². The number of carbonyl (C=O) groups excluding carboxylic acids is 4. The molecule has 11 heteroatoms. The summed E-state index contributed by atoms with van der Waals surface area (Å²) in [5.41, 5.74) is 11.0. The van der Waals surface area contributed by atoms with Gasteiger partial charge < -0.3 is 35.8 Å². The van der Waals surface area contributed by atoms with Gasteiger partial charge in [0.1, 0.15) is 5.75 Å². The number of carbonyl (C=O) groups is 4. The lowest BCUT2D eigenvalue weighted by Gasteiger charge is -2.32.